The van der Waals surface area contributed by atoms with Gasteiger partial charge in [0.1, 0.15) is 6.04 Å². The number of anilines is 1. The molecule has 0 fully saturated rings. The van der Waals surface area contributed by atoms with Gasteiger partial charge in [-0.1, -0.05) is 49.7 Å². The number of hydrogen-bond acceptors (Lipinski definition) is 4. The van der Waals surface area contributed by atoms with Gasteiger partial charge < -0.3 is 10.2 Å². The second-order valence-electron chi connectivity index (χ2n) is 9.09. The maximum atomic E-state index is 13.4. The highest BCUT2D eigenvalue weighted by Crippen LogP contribution is 2.25. The first-order valence-electron chi connectivity index (χ1n) is 12.3. The Bertz CT molecular complexity index is 1140. The van der Waals surface area contributed by atoms with Crippen molar-refractivity contribution in [1.29, 1.82) is 0 Å². The number of nitrogens with zero attached hydrogens (tertiary/aromatic N) is 2. The lowest BCUT2D eigenvalue weighted by atomic mass is 10.1. The molecule has 9 heteroatoms. The van der Waals surface area contributed by atoms with E-state index in [0.29, 0.717) is 30.1 Å². The predicted molar refractivity (Wildman–Crippen MR) is 147 cm³/mol. The minimum Gasteiger partial charge on any atom is -0.354 e. The molecule has 7 nitrogen and oxygen atoms in total. The van der Waals surface area contributed by atoms with E-state index in [9.17, 15) is 18.0 Å². The van der Waals surface area contributed by atoms with E-state index in [4.69, 9.17) is 11.6 Å². The smallest absolute Gasteiger partial charge is 0.242 e. The molecule has 0 aliphatic carbocycles. The first-order valence-corrected chi connectivity index (χ1v) is 14.6. The average molecular weight is 536 g/mol. The SMILES string of the molecule is CCCNC(=O)[C@@H](CC)N(Cc1ccc(Cl)cc1)C(=O)CCCN(c1cc(C)ccc1C)S(C)(=O)=O. The summed E-state index contributed by atoms with van der Waals surface area (Å²) in [6.45, 7) is 8.61. The molecule has 0 radical (unpaired) electrons. The van der Waals surface area contributed by atoms with Gasteiger partial charge in [0.05, 0.1) is 11.9 Å². The first kappa shape index (κ1) is 29.6. The Balaban J connectivity index is 2.23. The first-order chi connectivity index (χ1) is 17.0. The average Bonchev–Trinajstić information content (AvgIpc) is 2.82. The summed E-state index contributed by atoms with van der Waals surface area (Å²) in [6, 6.07) is 12.2. The molecule has 36 heavy (non-hydrogen) atoms. The number of carbonyl (C=O) groups is 2. The summed E-state index contributed by atoms with van der Waals surface area (Å²) in [6.07, 6.45) is 2.87. The van der Waals surface area contributed by atoms with Crippen LogP contribution in [0.5, 0.6) is 0 Å². The second-order valence-corrected chi connectivity index (χ2v) is 11.4. The van der Waals surface area contributed by atoms with Crippen molar-refractivity contribution in [2.24, 2.45) is 0 Å². The van der Waals surface area contributed by atoms with Crippen LogP contribution < -0.4 is 9.62 Å². The molecular weight excluding hydrogens is 498 g/mol. The standard InChI is InChI=1S/C27H38ClN3O4S/c1-6-16-29-27(33)24(7-2)30(19-22-12-14-23(28)15-13-22)26(32)9-8-17-31(36(5,34)35)25-18-20(3)10-11-21(25)4/h10-15,18,24H,6-9,16-17,19H2,1-5H3,(H,29,33)/t24-/m1/s1. The number of hydrogen-bond donors (Lipinski definition) is 1. The van der Waals surface area contributed by atoms with Gasteiger partial charge in [0, 0.05) is 31.1 Å². The second kappa shape index (κ2) is 13.7. The molecule has 1 atom stereocenters. The Hall–Kier alpha value is -2.58. The number of aryl methyl sites for hydroxylation is 2. The topological polar surface area (TPSA) is 86.8 Å². The lowest BCUT2D eigenvalue weighted by molar-refractivity contribution is -0.141. The number of benzene rings is 2. The lowest BCUT2D eigenvalue weighted by Crippen LogP contribution is -2.49. The number of nitrogens with one attached hydrogen (secondary N) is 1. The van der Waals surface area contributed by atoms with Crippen molar-refractivity contribution >= 4 is 39.1 Å². The van der Waals surface area contributed by atoms with E-state index in [1.807, 2.05) is 58.0 Å². The Morgan fingerprint density at radius 1 is 1.06 bits per heavy atom. The van der Waals surface area contributed by atoms with Crippen LogP contribution in [0.15, 0.2) is 42.5 Å². The van der Waals surface area contributed by atoms with Gasteiger partial charge in [-0.2, -0.15) is 0 Å². The minimum atomic E-state index is -3.54. The molecule has 0 aliphatic rings. The van der Waals surface area contributed by atoms with Crippen LogP contribution in [0, 0.1) is 13.8 Å². The van der Waals surface area contributed by atoms with Crippen molar-refractivity contribution in [3.05, 3.63) is 64.2 Å². The molecule has 0 aliphatic heterocycles. The van der Waals surface area contributed by atoms with Crippen LogP contribution in [-0.2, 0) is 26.2 Å². The molecule has 0 bridgehead atoms. The number of rotatable bonds is 13. The molecule has 0 aromatic heterocycles. The summed E-state index contributed by atoms with van der Waals surface area (Å²) < 4.78 is 26.5. The number of sulfonamides is 1. The third-order valence-electron chi connectivity index (χ3n) is 5.99. The van der Waals surface area contributed by atoms with Crippen molar-refractivity contribution in [1.82, 2.24) is 10.2 Å². The molecule has 198 valence electrons. The summed E-state index contributed by atoms with van der Waals surface area (Å²) >= 11 is 6.02. The van der Waals surface area contributed by atoms with Crippen molar-refractivity contribution in [3.8, 4) is 0 Å². The number of carbonyl (C=O) groups excluding carboxylic acids is 2. The summed E-state index contributed by atoms with van der Waals surface area (Å²) in [4.78, 5) is 27.9. The van der Waals surface area contributed by atoms with Gasteiger partial charge in [-0.3, -0.25) is 13.9 Å². The maximum Gasteiger partial charge on any atom is 0.242 e. The highest BCUT2D eigenvalue weighted by Gasteiger charge is 2.28. The van der Waals surface area contributed by atoms with Crippen LogP contribution in [0.4, 0.5) is 5.69 Å². The quantitative estimate of drug-likeness (QED) is 0.398. The van der Waals surface area contributed by atoms with E-state index in [1.54, 1.807) is 17.0 Å². The Morgan fingerprint density at radius 3 is 2.31 bits per heavy atom. The summed E-state index contributed by atoms with van der Waals surface area (Å²) in [7, 11) is -3.54. The van der Waals surface area contributed by atoms with E-state index in [0.717, 1.165) is 23.1 Å². The van der Waals surface area contributed by atoms with E-state index in [-0.39, 0.29) is 31.3 Å². The van der Waals surface area contributed by atoms with E-state index in [1.165, 1.54) is 10.6 Å². The van der Waals surface area contributed by atoms with Crippen molar-refractivity contribution in [2.45, 2.75) is 66.0 Å². The fraction of sp³-hybridized carbons (Fsp3) is 0.481. The van der Waals surface area contributed by atoms with Gasteiger partial charge in [-0.05, 0) is 68.0 Å². The van der Waals surface area contributed by atoms with Crippen LogP contribution >= 0.6 is 11.6 Å². The largest absolute Gasteiger partial charge is 0.354 e. The minimum absolute atomic E-state index is 0.113. The van der Waals surface area contributed by atoms with Gasteiger partial charge in [-0.25, -0.2) is 8.42 Å². The summed E-state index contributed by atoms with van der Waals surface area (Å²) in [5, 5.41) is 3.49. The highest BCUT2D eigenvalue weighted by atomic mass is 35.5. The Morgan fingerprint density at radius 2 is 1.72 bits per heavy atom. The van der Waals surface area contributed by atoms with Crippen LogP contribution in [0.25, 0.3) is 0 Å². The molecule has 2 aromatic rings. The maximum absolute atomic E-state index is 13.4. The van der Waals surface area contributed by atoms with Crippen molar-refractivity contribution in [2.75, 3.05) is 23.7 Å². The molecule has 2 amide bonds. The molecule has 0 spiro atoms. The van der Waals surface area contributed by atoms with Crippen LogP contribution in [0.2, 0.25) is 5.02 Å². The zero-order valence-electron chi connectivity index (χ0n) is 21.9. The van der Waals surface area contributed by atoms with Gasteiger partial charge in [-0.15, -0.1) is 0 Å². The van der Waals surface area contributed by atoms with Gasteiger partial charge in [0.15, 0.2) is 0 Å². The number of halogens is 1. The zero-order valence-corrected chi connectivity index (χ0v) is 23.5. The van der Waals surface area contributed by atoms with Crippen molar-refractivity contribution in [3.63, 3.8) is 0 Å². The summed E-state index contributed by atoms with van der Waals surface area (Å²) in [5.74, 6) is -0.382. The fourth-order valence-corrected chi connectivity index (χ4v) is 5.18. The fourth-order valence-electron chi connectivity index (χ4n) is 4.04. The van der Waals surface area contributed by atoms with Crippen LogP contribution in [0.1, 0.15) is 56.2 Å². The van der Waals surface area contributed by atoms with Crippen molar-refractivity contribution < 1.29 is 18.0 Å². The number of amides is 2. The highest BCUT2D eigenvalue weighted by molar-refractivity contribution is 7.92. The molecule has 2 rings (SSSR count). The van der Waals surface area contributed by atoms with E-state index < -0.39 is 16.1 Å². The zero-order chi connectivity index (χ0) is 26.9. The molecular formula is C27H38ClN3O4S. The van der Waals surface area contributed by atoms with Crippen LogP contribution in [-0.4, -0.2) is 50.5 Å². The Labute approximate surface area is 220 Å². The molecule has 1 N–H and O–H groups in total. The third-order valence-corrected chi connectivity index (χ3v) is 7.42. The third kappa shape index (κ3) is 8.52. The van der Waals surface area contributed by atoms with E-state index in [2.05, 4.69) is 5.32 Å². The van der Waals surface area contributed by atoms with Crippen LogP contribution in [0.3, 0.4) is 0 Å². The normalized spacial score (nSPS) is 12.2. The lowest BCUT2D eigenvalue weighted by Gasteiger charge is -2.31. The summed E-state index contributed by atoms with van der Waals surface area (Å²) in [5.41, 5.74) is 3.29. The van der Waals surface area contributed by atoms with E-state index >= 15 is 0 Å². The van der Waals surface area contributed by atoms with Gasteiger partial charge in [0.2, 0.25) is 21.8 Å². The molecule has 0 unspecified atom stereocenters. The molecule has 0 heterocycles. The monoisotopic (exact) mass is 535 g/mol. The van der Waals surface area contributed by atoms with Gasteiger partial charge in [0.25, 0.3) is 0 Å². The Kier molecular flexibility index (Phi) is 11.2. The molecule has 2 aromatic carbocycles. The predicted octanol–water partition coefficient (Wildman–Crippen LogP) is 4.84. The molecule has 0 saturated carbocycles. The molecule has 0 saturated heterocycles. The van der Waals surface area contributed by atoms with Gasteiger partial charge >= 0.3 is 0 Å².